The number of allylic oxidation sites excluding steroid dienone is 1. The topological polar surface area (TPSA) is 43.4 Å². The monoisotopic (exact) mass is 386 g/mol. The molecule has 5 rings (SSSR count). The summed E-state index contributed by atoms with van der Waals surface area (Å²) in [4.78, 5) is 24.0. The molecule has 0 radical (unpaired) electrons. The summed E-state index contributed by atoms with van der Waals surface area (Å²) in [7, 11) is 0. The second-order valence-corrected chi connectivity index (χ2v) is 10.6. The van der Waals surface area contributed by atoms with E-state index in [9.17, 15) is 9.59 Å². The molecule has 156 valence electrons. The van der Waals surface area contributed by atoms with Gasteiger partial charge in [0.15, 0.2) is 5.78 Å². The molecule has 0 aromatic carbocycles. The molecule has 0 aromatic heterocycles. The molecule has 0 bridgehead atoms. The van der Waals surface area contributed by atoms with Crippen molar-refractivity contribution in [2.45, 2.75) is 85.0 Å². The first-order chi connectivity index (χ1) is 13.4. The Kier molecular flexibility index (Phi) is 5.59. The molecule has 3 nitrogen and oxygen atoms in total. The van der Waals surface area contributed by atoms with E-state index >= 15 is 0 Å². The number of fused-ring (bicyclic) bond motifs is 5. The van der Waals surface area contributed by atoms with Crippen LogP contribution in [0.5, 0.6) is 0 Å². The molecule has 0 unspecified atom stereocenters. The van der Waals surface area contributed by atoms with Gasteiger partial charge in [0.2, 0.25) is 0 Å². The number of ketones is 2. The van der Waals surface area contributed by atoms with E-state index in [1.54, 1.807) is 6.92 Å². The second kappa shape index (κ2) is 7.70. The van der Waals surface area contributed by atoms with Crippen molar-refractivity contribution in [1.82, 2.24) is 0 Å². The Labute approximate surface area is 170 Å². The van der Waals surface area contributed by atoms with Crippen LogP contribution in [0.2, 0.25) is 0 Å². The highest BCUT2D eigenvalue weighted by atomic mass is 16.5. The van der Waals surface area contributed by atoms with Crippen molar-refractivity contribution in [3.63, 3.8) is 0 Å². The second-order valence-electron chi connectivity index (χ2n) is 10.6. The predicted octanol–water partition coefficient (Wildman–Crippen LogP) is 5.52. The van der Waals surface area contributed by atoms with Crippen LogP contribution in [0.1, 0.15) is 85.0 Å². The fourth-order valence-corrected chi connectivity index (χ4v) is 7.74. The molecule has 1 heterocycles. The van der Waals surface area contributed by atoms with Gasteiger partial charge < -0.3 is 4.74 Å². The highest BCUT2D eigenvalue weighted by Crippen LogP contribution is 2.66. The molecular formula is C25H38O3. The maximum atomic E-state index is 12.1. The maximum Gasteiger partial charge on any atom is 0.155 e. The van der Waals surface area contributed by atoms with Crippen LogP contribution in [0.25, 0.3) is 0 Å². The Morgan fingerprint density at radius 1 is 1.00 bits per heavy atom. The SMILES string of the molecule is C1CCOC1.CC(=O)[C@H]1CC[C@H]2[C@@H]3CCC4=CC(=O)CC[C@]4(C)[C@H]3CC[C@]12C. The lowest BCUT2D eigenvalue weighted by atomic mass is 9.47. The van der Waals surface area contributed by atoms with Crippen LogP contribution in [-0.4, -0.2) is 24.8 Å². The van der Waals surface area contributed by atoms with Crippen molar-refractivity contribution in [2.24, 2.45) is 34.5 Å². The maximum absolute atomic E-state index is 12.1. The lowest BCUT2D eigenvalue weighted by Crippen LogP contribution is -2.51. The lowest BCUT2D eigenvalue weighted by Gasteiger charge is -2.58. The standard InChI is InChI=1S/C21H30O2.C4H8O/c1-13(22)17-6-7-18-16-5-4-14-12-15(23)8-10-20(14,2)19(16)9-11-21(17,18)3;1-2-4-5-3-1/h12,16-19H,4-11H2,1-3H3;1-4H2/t16-,17+,18-,19-,20-,21+;/m0./s1. The molecular weight excluding hydrogens is 348 g/mol. The molecule has 4 aliphatic carbocycles. The van der Waals surface area contributed by atoms with E-state index in [2.05, 4.69) is 13.8 Å². The van der Waals surface area contributed by atoms with Gasteiger partial charge in [-0.2, -0.15) is 0 Å². The summed E-state index contributed by atoms with van der Waals surface area (Å²) >= 11 is 0. The normalized spacial score (nSPS) is 44.5. The lowest BCUT2D eigenvalue weighted by molar-refractivity contribution is -0.128. The third kappa shape index (κ3) is 3.32. The van der Waals surface area contributed by atoms with Gasteiger partial charge >= 0.3 is 0 Å². The molecule has 0 aromatic rings. The van der Waals surface area contributed by atoms with Crippen LogP contribution < -0.4 is 0 Å². The zero-order valence-corrected chi connectivity index (χ0v) is 18.1. The van der Waals surface area contributed by atoms with Crippen LogP contribution in [0.15, 0.2) is 11.6 Å². The van der Waals surface area contributed by atoms with E-state index in [1.165, 1.54) is 44.1 Å². The van der Waals surface area contributed by atoms with Crippen LogP contribution in [0, 0.1) is 34.5 Å². The van der Waals surface area contributed by atoms with Gasteiger partial charge in [-0.25, -0.2) is 0 Å². The summed E-state index contributed by atoms with van der Waals surface area (Å²) < 4.78 is 4.94. The Morgan fingerprint density at radius 3 is 2.39 bits per heavy atom. The molecule has 0 N–H and O–H groups in total. The summed E-state index contributed by atoms with van der Waals surface area (Å²) in [6.07, 6.45) is 13.5. The first-order valence-electron chi connectivity index (χ1n) is 11.7. The summed E-state index contributed by atoms with van der Waals surface area (Å²) in [6.45, 7) is 8.65. The summed E-state index contributed by atoms with van der Waals surface area (Å²) in [5, 5.41) is 0. The quantitative estimate of drug-likeness (QED) is 0.596. The van der Waals surface area contributed by atoms with Gasteiger partial charge in [-0.1, -0.05) is 19.4 Å². The van der Waals surface area contributed by atoms with Crippen LogP contribution in [0.3, 0.4) is 0 Å². The van der Waals surface area contributed by atoms with Crippen LogP contribution in [0.4, 0.5) is 0 Å². The highest BCUT2D eigenvalue weighted by molar-refractivity contribution is 5.91. The fraction of sp³-hybridized carbons (Fsp3) is 0.840. The van der Waals surface area contributed by atoms with E-state index in [0.29, 0.717) is 17.5 Å². The van der Waals surface area contributed by atoms with Gasteiger partial charge in [0, 0.05) is 25.6 Å². The molecule has 3 saturated carbocycles. The van der Waals surface area contributed by atoms with E-state index in [-0.39, 0.29) is 10.8 Å². The van der Waals surface area contributed by atoms with E-state index in [4.69, 9.17) is 4.74 Å². The number of ether oxygens (including phenoxy) is 1. The summed E-state index contributed by atoms with van der Waals surface area (Å²) in [5.74, 6) is 3.29. The molecule has 3 heteroatoms. The third-order valence-electron chi connectivity index (χ3n) is 9.28. The first-order valence-corrected chi connectivity index (χ1v) is 11.7. The van der Waals surface area contributed by atoms with Crippen LogP contribution >= 0.6 is 0 Å². The van der Waals surface area contributed by atoms with E-state index < -0.39 is 0 Å². The van der Waals surface area contributed by atoms with Crippen molar-refractivity contribution in [2.75, 3.05) is 13.2 Å². The Balaban J connectivity index is 0.000000336. The molecule has 28 heavy (non-hydrogen) atoms. The molecule has 1 saturated heterocycles. The minimum Gasteiger partial charge on any atom is -0.381 e. The molecule has 6 atom stereocenters. The molecule has 0 spiro atoms. The molecule has 1 aliphatic heterocycles. The number of hydrogen-bond donors (Lipinski definition) is 0. The third-order valence-corrected chi connectivity index (χ3v) is 9.28. The molecule has 4 fully saturated rings. The number of rotatable bonds is 1. The Morgan fingerprint density at radius 2 is 1.75 bits per heavy atom. The zero-order chi connectivity index (χ0) is 19.9. The summed E-state index contributed by atoms with van der Waals surface area (Å²) in [5.41, 5.74) is 1.95. The minimum absolute atomic E-state index is 0.245. The van der Waals surface area contributed by atoms with Crippen molar-refractivity contribution in [3.05, 3.63) is 11.6 Å². The van der Waals surface area contributed by atoms with Crippen molar-refractivity contribution >= 4 is 11.6 Å². The Bertz CT molecular complexity index is 653. The summed E-state index contributed by atoms with van der Waals surface area (Å²) in [6, 6.07) is 0. The predicted molar refractivity (Wildman–Crippen MR) is 111 cm³/mol. The fourth-order valence-electron chi connectivity index (χ4n) is 7.74. The van der Waals surface area contributed by atoms with Gasteiger partial charge in [-0.15, -0.1) is 0 Å². The van der Waals surface area contributed by atoms with Crippen molar-refractivity contribution in [3.8, 4) is 0 Å². The van der Waals surface area contributed by atoms with Crippen LogP contribution in [-0.2, 0) is 14.3 Å². The first kappa shape index (κ1) is 20.3. The van der Waals surface area contributed by atoms with E-state index in [1.807, 2.05) is 6.08 Å². The van der Waals surface area contributed by atoms with Gasteiger partial charge in [0.1, 0.15) is 5.78 Å². The van der Waals surface area contributed by atoms with Gasteiger partial charge in [-0.05, 0) is 99.4 Å². The number of Topliss-reactive ketones (excluding diaryl/α,β-unsaturated/α-hetero) is 1. The molecule has 5 aliphatic rings. The largest absolute Gasteiger partial charge is 0.381 e. The smallest absolute Gasteiger partial charge is 0.155 e. The minimum atomic E-state index is 0.245. The van der Waals surface area contributed by atoms with Gasteiger partial charge in [0.25, 0.3) is 0 Å². The number of carbonyl (C=O) groups is 2. The average molecular weight is 387 g/mol. The van der Waals surface area contributed by atoms with Crippen molar-refractivity contribution in [1.29, 1.82) is 0 Å². The van der Waals surface area contributed by atoms with Gasteiger partial charge in [-0.3, -0.25) is 9.59 Å². The zero-order valence-electron chi connectivity index (χ0n) is 18.1. The highest BCUT2D eigenvalue weighted by Gasteiger charge is 2.59. The number of hydrogen-bond acceptors (Lipinski definition) is 3. The Hall–Kier alpha value is -0.960. The molecule has 0 amide bonds. The van der Waals surface area contributed by atoms with E-state index in [0.717, 1.165) is 56.7 Å². The van der Waals surface area contributed by atoms with Crippen molar-refractivity contribution < 1.29 is 14.3 Å². The average Bonchev–Trinajstić information content (AvgIpc) is 3.33. The van der Waals surface area contributed by atoms with Gasteiger partial charge in [0.05, 0.1) is 0 Å². The number of carbonyl (C=O) groups excluding carboxylic acids is 2.